The normalized spacial score (nSPS) is 12.1. The summed E-state index contributed by atoms with van der Waals surface area (Å²) in [7, 11) is 4.29. The first-order valence-corrected chi connectivity index (χ1v) is 9.20. The quantitative estimate of drug-likeness (QED) is 0.758. The Morgan fingerprint density at radius 2 is 2.12 bits per heavy atom. The number of hydrogen-bond donors (Lipinski definition) is 2. The minimum atomic E-state index is 0.132. The summed E-state index contributed by atoms with van der Waals surface area (Å²) in [6.07, 6.45) is 3.68. The highest BCUT2D eigenvalue weighted by Gasteiger charge is 2.20. The van der Waals surface area contributed by atoms with Crippen molar-refractivity contribution in [2.45, 2.75) is 19.9 Å². The van der Waals surface area contributed by atoms with Crippen molar-refractivity contribution >= 4 is 34.6 Å². The smallest absolute Gasteiger partial charge is 0.174 e. The molecule has 0 aliphatic rings. The highest BCUT2D eigenvalue weighted by atomic mass is 35.5. The number of benzene rings is 1. The van der Waals surface area contributed by atoms with Crippen LogP contribution in [0.4, 0.5) is 5.69 Å². The van der Waals surface area contributed by atoms with Crippen molar-refractivity contribution in [3.05, 3.63) is 58.9 Å². The first-order valence-electron chi connectivity index (χ1n) is 8.41. The standard InChI is InChI=1S/C19H25ClN4S/c1-14-7-8-17(20)12-18(14)22-19(25)24(11-10-23(3)4)15(2)16-6-5-9-21-13-16/h5-9,12-13,15H,10-11H2,1-4H3,(H,22,25)/p+1. The summed E-state index contributed by atoms with van der Waals surface area (Å²) in [5.41, 5.74) is 3.19. The van der Waals surface area contributed by atoms with Gasteiger partial charge in [0.25, 0.3) is 0 Å². The molecule has 1 unspecified atom stereocenters. The number of aryl methyl sites for hydroxylation is 1. The van der Waals surface area contributed by atoms with Crippen LogP contribution >= 0.6 is 23.8 Å². The van der Waals surface area contributed by atoms with E-state index in [-0.39, 0.29) is 6.04 Å². The predicted molar refractivity (Wildman–Crippen MR) is 109 cm³/mol. The van der Waals surface area contributed by atoms with Crippen molar-refractivity contribution in [1.82, 2.24) is 9.88 Å². The summed E-state index contributed by atoms with van der Waals surface area (Å²) in [5, 5.41) is 4.76. The third-order valence-corrected chi connectivity index (χ3v) is 4.76. The highest BCUT2D eigenvalue weighted by molar-refractivity contribution is 7.80. The van der Waals surface area contributed by atoms with Crippen LogP contribution in [0.1, 0.15) is 24.1 Å². The number of anilines is 1. The van der Waals surface area contributed by atoms with Crippen molar-refractivity contribution in [3.8, 4) is 0 Å². The SMILES string of the molecule is Cc1ccc(Cl)cc1NC(=S)N(CC[NH+](C)C)C(C)c1cccnc1. The van der Waals surface area contributed by atoms with Gasteiger partial charge in [0, 0.05) is 23.1 Å². The summed E-state index contributed by atoms with van der Waals surface area (Å²) < 4.78 is 0. The Bertz CT molecular complexity index is 706. The number of hydrogen-bond acceptors (Lipinski definition) is 2. The Kier molecular flexibility index (Phi) is 7.17. The molecular weight excluding hydrogens is 352 g/mol. The van der Waals surface area contributed by atoms with E-state index < -0.39 is 0 Å². The molecule has 4 nitrogen and oxygen atoms in total. The number of likely N-dealkylation sites (N-methyl/N-ethyl adjacent to an activating group) is 1. The van der Waals surface area contributed by atoms with Gasteiger partial charge in [-0.1, -0.05) is 23.7 Å². The minimum absolute atomic E-state index is 0.132. The van der Waals surface area contributed by atoms with E-state index in [0.717, 1.165) is 29.9 Å². The Labute approximate surface area is 160 Å². The molecule has 0 amide bonds. The van der Waals surface area contributed by atoms with Crippen molar-refractivity contribution < 1.29 is 4.90 Å². The van der Waals surface area contributed by atoms with Crippen LogP contribution in [0.15, 0.2) is 42.7 Å². The van der Waals surface area contributed by atoms with Crippen LogP contribution < -0.4 is 10.2 Å². The summed E-state index contributed by atoms with van der Waals surface area (Å²) in [6.45, 7) is 6.03. The predicted octanol–water partition coefficient (Wildman–Crippen LogP) is 2.95. The van der Waals surface area contributed by atoms with Crippen molar-refractivity contribution in [1.29, 1.82) is 0 Å². The Morgan fingerprint density at radius 3 is 2.76 bits per heavy atom. The third-order valence-electron chi connectivity index (χ3n) is 4.19. The van der Waals surface area contributed by atoms with Gasteiger partial charge in [-0.15, -0.1) is 0 Å². The second-order valence-corrected chi connectivity index (χ2v) is 7.33. The third kappa shape index (κ3) is 5.66. The molecule has 134 valence electrons. The highest BCUT2D eigenvalue weighted by Crippen LogP contribution is 2.23. The van der Waals surface area contributed by atoms with Gasteiger partial charge in [0.05, 0.1) is 33.2 Å². The van der Waals surface area contributed by atoms with E-state index in [9.17, 15) is 0 Å². The molecule has 2 N–H and O–H groups in total. The second kappa shape index (κ2) is 9.13. The first-order chi connectivity index (χ1) is 11.9. The van der Waals surface area contributed by atoms with Crippen molar-refractivity contribution in [3.63, 3.8) is 0 Å². The fourth-order valence-corrected chi connectivity index (χ4v) is 3.07. The molecular formula is C19H26ClN4S+. The van der Waals surface area contributed by atoms with Gasteiger partial charge in [0.2, 0.25) is 0 Å². The number of nitrogens with one attached hydrogen (secondary N) is 2. The van der Waals surface area contributed by atoms with Gasteiger partial charge < -0.3 is 15.1 Å². The van der Waals surface area contributed by atoms with Gasteiger partial charge >= 0.3 is 0 Å². The summed E-state index contributed by atoms with van der Waals surface area (Å²) >= 11 is 11.9. The van der Waals surface area contributed by atoms with Crippen LogP contribution in [0.2, 0.25) is 5.02 Å². The molecule has 0 radical (unpaired) electrons. The topological polar surface area (TPSA) is 32.6 Å². The average molecular weight is 378 g/mol. The van der Waals surface area contributed by atoms with E-state index >= 15 is 0 Å². The molecule has 2 aromatic rings. The number of pyridine rings is 1. The van der Waals surface area contributed by atoms with E-state index in [2.05, 4.69) is 42.3 Å². The van der Waals surface area contributed by atoms with Crippen LogP contribution in [0, 0.1) is 6.92 Å². The number of rotatable bonds is 6. The van der Waals surface area contributed by atoms with Crippen molar-refractivity contribution in [2.75, 3.05) is 32.5 Å². The maximum Gasteiger partial charge on any atom is 0.174 e. The lowest BCUT2D eigenvalue weighted by atomic mass is 10.1. The number of quaternary nitrogens is 1. The van der Waals surface area contributed by atoms with Gasteiger partial charge in [-0.3, -0.25) is 4.98 Å². The lowest BCUT2D eigenvalue weighted by molar-refractivity contribution is -0.857. The molecule has 0 spiro atoms. The molecule has 1 aromatic carbocycles. The van der Waals surface area contributed by atoms with Crippen LogP contribution in [0.25, 0.3) is 0 Å². The van der Waals surface area contributed by atoms with Gasteiger partial charge in [-0.05, 0) is 55.4 Å². The fourth-order valence-electron chi connectivity index (χ4n) is 2.53. The number of thiocarbonyl (C=S) groups is 1. The monoisotopic (exact) mass is 377 g/mol. The number of nitrogens with zero attached hydrogens (tertiary/aromatic N) is 2. The van der Waals surface area contributed by atoms with E-state index in [4.69, 9.17) is 23.8 Å². The van der Waals surface area contributed by atoms with Gasteiger partial charge in [-0.2, -0.15) is 0 Å². The number of aromatic nitrogens is 1. The molecule has 0 bridgehead atoms. The van der Waals surface area contributed by atoms with Gasteiger partial charge in [0.1, 0.15) is 0 Å². The molecule has 0 fully saturated rings. The molecule has 1 atom stereocenters. The molecule has 0 saturated heterocycles. The molecule has 0 saturated carbocycles. The van der Waals surface area contributed by atoms with Crippen molar-refractivity contribution in [2.24, 2.45) is 0 Å². The Morgan fingerprint density at radius 1 is 1.36 bits per heavy atom. The molecule has 1 heterocycles. The van der Waals surface area contributed by atoms with Gasteiger partial charge in [0.15, 0.2) is 5.11 Å². The van der Waals surface area contributed by atoms with E-state index in [0.29, 0.717) is 10.1 Å². The van der Waals surface area contributed by atoms with Gasteiger partial charge in [-0.25, -0.2) is 0 Å². The molecule has 6 heteroatoms. The van der Waals surface area contributed by atoms with Crippen LogP contribution in [-0.4, -0.2) is 42.2 Å². The number of halogens is 1. The molecule has 1 aromatic heterocycles. The maximum atomic E-state index is 6.13. The fraction of sp³-hybridized carbons (Fsp3) is 0.368. The minimum Gasteiger partial charge on any atom is -0.338 e. The van der Waals surface area contributed by atoms with Crippen LogP contribution in [0.5, 0.6) is 0 Å². The van der Waals surface area contributed by atoms with Crippen LogP contribution in [-0.2, 0) is 0 Å². The largest absolute Gasteiger partial charge is 0.338 e. The summed E-state index contributed by atoms with van der Waals surface area (Å²) in [4.78, 5) is 7.83. The summed E-state index contributed by atoms with van der Waals surface area (Å²) in [6, 6.07) is 9.96. The molecule has 0 aliphatic heterocycles. The lowest BCUT2D eigenvalue weighted by Crippen LogP contribution is -3.06. The average Bonchev–Trinajstić information content (AvgIpc) is 2.58. The first kappa shape index (κ1) is 19.6. The zero-order valence-electron chi connectivity index (χ0n) is 15.2. The van der Waals surface area contributed by atoms with E-state index in [1.807, 2.05) is 37.4 Å². The van der Waals surface area contributed by atoms with E-state index in [1.165, 1.54) is 4.90 Å². The van der Waals surface area contributed by atoms with Crippen LogP contribution in [0.3, 0.4) is 0 Å². The molecule has 25 heavy (non-hydrogen) atoms. The zero-order valence-corrected chi connectivity index (χ0v) is 16.8. The Balaban J connectivity index is 2.21. The molecule has 0 aliphatic carbocycles. The Hall–Kier alpha value is -1.69. The maximum absolute atomic E-state index is 6.13. The zero-order chi connectivity index (χ0) is 18.4. The summed E-state index contributed by atoms with van der Waals surface area (Å²) in [5.74, 6) is 0. The second-order valence-electron chi connectivity index (χ2n) is 6.50. The lowest BCUT2D eigenvalue weighted by Gasteiger charge is -2.32. The van der Waals surface area contributed by atoms with E-state index in [1.54, 1.807) is 6.20 Å². The molecule has 2 rings (SSSR count).